The molecule has 1 aromatic heterocycles. The number of carboxylic acid groups (broad SMARTS) is 1. The number of carbonyl (C=O) groups excluding carboxylic acids is 1. The van der Waals surface area contributed by atoms with Crippen LogP contribution in [0.5, 0.6) is 0 Å². The summed E-state index contributed by atoms with van der Waals surface area (Å²) in [6, 6.07) is 1.84. The summed E-state index contributed by atoms with van der Waals surface area (Å²) in [7, 11) is 0. The molecule has 0 unspecified atom stereocenters. The van der Waals surface area contributed by atoms with Gasteiger partial charge in [-0.05, 0) is 31.9 Å². The van der Waals surface area contributed by atoms with Crippen molar-refractivity contribution in [2.24, 2.45) is 0 Å². The Kier molecular flexibility index (Phi) is 5.69. The Morgan fingerprint density at radius 2 is 1.95 bits per heavy atom. The number of halogens is 3. The summed E-state index contributed by atoms with van der Waals surface area (Å²) in [4.78, 5) is 25.4. The Morgan fingerprint density at radius 3 is 2.48 bits per heavy atom. The number of hydrogen-bond acceptors (Lipinski definition) is 3. The SMILES string of the molecule is Cc1nc(C(F)(F)F)ccc1C(=O)NCCCCC(=O)O. The van der Waals surface area contributed by atoms with E-state index >= 15 is 0 Å². The van der Waals surface area contributed by atoms with Gasteiger partial charge in [0, 0.05) is 13.0 Å². The molecule has 21 heavy (non-hydrogen) atoms. The predicted molar refractivity (Wildman–Crippen MR) is 67.8 cm³/mol. The van der Waals surface area contributed by atoms with Crippen LogP contribution in [0.25, 0.3) is 0 Å². The Hall–Kier alpha value is -2.12. The van der Waals surface area contributed by atoms with E-state index in [1.807, 2.05) is 0 Å². The van der Waals surface area contributed by atoms with E-state index in [0.717, 1.165) is 12.1 Å². The van der Waals surface area contributed by atoms with Crippen molar-refractivity contribution in [3.63, 3.8) is 0 Å². The van der Waals surface area contributed by atoms with Crippen molar-refractivity contribution in [3.05, 3.63) is 29.1 Å². The Bertz CT molecular complexity index is 530. The molecule has 0 aliphatic carbocycles. The van der Waals surface area contributed by atoms with Gasteiger partial charge in [0.25, 0.3) is 5.91 Å². The maximum atomic E-state index is 12.4. The van der Waals surface area contributed by atoms with Crippen molar-refractivity contribution in [1.29, 1.82) is 0 Å². The highest BCUT2D eigenvalue weighted by atomic mass is 19.4. The molecule has 0 bridgehead atoms. The lowest BCUT2D eigenvalue weighted by Gasteiger charge is -2.10. The predicted octanol–water partition coefficient (Wildman–Crippen LogP) is 2.39. The molecule has 0 aliphatic heterocycles. The summed E-state index contributed by atoms with van der Waals surface area (Å²) >= 11 is 0. The number of alkyl halides is 3. The highest BCUT2D eigenvalue weighted by Gasteiger charge is 2.32. The molecule has 0 saturated heterocycles. The molecule has 0 aromatic carbocycles. The maximum Gasteiger partial charge on any atom is 0.433 e. The topological polar surface area (TPSA) is 79.3 Å². The first-order valence-corrected chi connectivity index (χ1v) is 6.26. The molecule has 8 heteroatoms. The van der Waals surface area contributed by atoms with Crippen LogP contribution in [-0.2, 0) is 11.0 Å². The van der Waals surface area contributed by atoms with Crippen LogP contribution in [0.15, 0.2) is 12.1 Å². The number of aryl methyl sites for hydroxylation is 1. The zero-order chi connectivity index (χ0) is 16.0. The van der Waals surface area contributed by atoms with Crippen LogP contribution < -0.4 is 5.32 Å². The van der Waals surface area contributed by atoms with Gasteiger partial charge in [0.1, 0.15) is 5.69 Å². The van der Waals surface area contributed by atoms with Crippen LogP contribution in [-0.4, -0.2) is 28.5 Å². The molecule has 0 aliphatic rings. The van der Waals surface area contributed by atoms with Crippen LogP contribution in [0, 0.1) is 6.92 Å². The molecular weight excluding hydrogens is 289 g/mol. The lowest BCUT2D eigenvalue weighted by molar-refractivity contribution is -0.141. The number of carbonyl (C=O) groups is 2. The molecule has 1 heterocycles. The van der Waals surface area contributed by atoms with Gasteiger partial charge in [-0.3, -0.25) is 9.59 Å². The third kappa shape index (κ3) is 5.41. The van der Waals surface area contributed by atoms with E-state index in [1.54, 1.807) is 0 Å². The van der Waals surface area contributed by atoms with Gasteiger partial charge in [-0.15, -0.1) is 0 Å². The van der Waals surface area contributed by atoms with Crippen molar-refractivity contribution in [1.82, 2.24) is 10.3 Å². The minimum Gasteiger partial charge on any atom is -0.481 e. The fourth-order valence-corrected chi connectivity index (χ4v) is 1.66. The van der Waals surface area contributed by atoms with E-state index < -0.39 is 23.7 Å². The van der Waals surface area contributed by atoms with E-state index in [1.165, 1.54) is 6.92 Å². The number of aliphatic carboxylic acids is 1. The second-order valence-corrected chi connectivity index (χ2v) is 4.43. The van der Waals surface area contributed by atoms with E-state index in [4.69, 9.17) is 5.11 Å². The maximum absolute atomic E-state index is 12.4. The summed E-state index contributed by atoms with van der Waals surface area (Å²) in [6.07, 6.45) is -3.64. The number of pyridine rings is 1. The van der Waals surface area contributed by atoms with E-state index in [9.17, 15) is 22.8 Å². The highest BCUT2D eigenvalue weighted by Crippen LogP contribution is 2.28. The average Bonchev–Trinajstić information content (AvgIpc) is 2.36. The molecule has 1 aromatic rings. The quantitative estimate of drug-likeness (QED) is 0.791. The van der Waals surface area contributed by atoms with Gasteiger partial charge in [0.05, 0.1) is 11.3 Å². The number of carboxylic acids is 1. The Morgan fingerprint density at radius 1 is 1.29 bits per heavy atom. The minimum absolute atomic E-state index is 0.00661. The smallest absolute Gasteiger partial charge is 0.433 e. The number of amides is 1. The molecule has 0 radical (unpaired) electrons. The fraction of sp³-hybridized carbons (Fsp3) is 0.462. The first-order chi connectivity index (χ1) is 9.71. The zero-order valence-corrected chi connectivity index (χ0v) is 11.3. The normalized spacial score (nSPS) is 11.2. The van der Waals surface area contributed by atoms with Crippen LogP contribution in [0.3, 0.4) is 0 Å². The van der Waals surface area contributed by atoms with E-state index in [2.05, 4.69) is 10.3 Å². The summed E-state index contributed by atoms with van der Waals surface area (Å²) in [6.45, 7) is 1.58. The van der Waals surface area contributed by atoms with Crippen LogP contribution in [0.4, 0.5) is 13.2 Å². The molecular formula is C13H15F3N2O3. The lowest BCUT2D eigenvalue weighted by atomic mass is 10.1. The summed E-state index contributed by atoms with van der Waals surface area (Å²) in [5, 5.41) is 11.0. The van der Waals surface area contributed by atoms with Crippen molar-refractivity contribution in [2.45, 2.75) is 32.4 Å². The van der Waals surface area contributed by atoms with Gasteiger partial charge in [0.15, 0.2) is 0 Å². The number of nitrogens with zero attached hydrogens (tertiary/aromatic N) is 1. The largest absolute Gasteiger partial charge is 0.481 e. The molecule has 0 atom stereocenters. The number of hydrogen-bond donors (Lipinski definition) is 2. The van der Waals surface area contributed by atoms with Gasteiger partial charge in [-0.1, -0.05) is 0 Å². The van der Waals surface area contributed by atoms with Crippen molar-refractivity contribution < 1.29 is 27.9 Å². The first kappa shape index (κ1) is 16.9. The third-order valence-corrected chi connectivity index (χ3v) is 2.72. The van der Waals surface area contributed by atoms with Gasteiger partial charge >= 0.3 is 12.1 Å². The lowest BCUT2D eigenvalue weighted by Crippen LogP contribution is -2.26. The number of aromatic nitrogens is 1. The molecule has 5 nitrogen and oxygen atoms in total. The summed E-state index contributed by atoms with van der Waals surface area (Å²) in [5.41, 5.74) is -0.980. The fourth-order valence-electron chi connectivity index (χ4n) is 1.66. The number of rotatable bonds is 6. The Labute approximate surface area is 119 Å². The second kappa shape index (κ2) is 7.05. The van der Waals surface area contributed by atoms with Crippen molar-refractivity contribution in [2.75, 3.05) is 6.54 Å². The van der Waals surface area contributed by atoms with Crippen LogP contribution in [0.2, 0.25) is 0 Å². The molecule has 116 valence electrons. The van der Waals surface area contributed by atoms with Crippen molar-refractivity contribution >= 4 is 11.9 Å². The zero-order valence-electron chi connectivity index (χ0n) is 11.3. The molecule has 0 saturated carbocycles. The molecule has 0 fully saturated rings. The molecule has 0 spiro atoms. The highest BCUT2D eigenvalue weighted by molar-refractivity contribution is 5.95. The van der Waals surface area contributed by atoms with E-state index in [0.29, 0.717) is 12.8 Å². The average molecular weight is 304 g/mol. The minimum atomic E-state index is -4.55. The Balaban J connectivity index is 2.57. The molecule has 2 N–H and O–H groups in total. The van der Waals surface area contributed by atoms with Gasteiger partial charge in [-0.25, -0.2) is 4.98 Å². The number of unbranched alkanes of at least 4 members (excludes halogenated alkanes) is 1. The standard InChI is InChI=1S/C13H15F3N2O3/c1-8-9(5-6-10(18-8)13(14,15)16)12(21)17-7-3-2-4-11(19)20/h5-6H,2-4,7H2,1H3,(H,17,21)(H,19,20). The van der Waals surface area contributed by atoms with Crippen molar-refractivity contribution in [3.8, 4) is 0 Å². The number of nitrogens with one attached hydrogen (secondary N) is 1. The first-order valence-electron chi connectivity index (χ1n) is 6.26. The van der Waals surface area contributed by atoms with E-state index in [-0.39, 0.29) is 24.2 Å². The third-order valence-electron chi connectivity index (χ3n) is 2.72. The molecule has 1 rings (SSSR count). The van der Waals surface area contributed by atoms with Gasteiger partial charge in [0.2, 0.25) is 0 Å². The van der Waals surface area contributed by atoms with Gasteiger partial charge < -0.3 is 10.4 Å². The van der Waals surface area contributed by atoms with Crippen LogP contribution in [0.1, 0.15) is 41.0 Å². The molecule has 1 amide bonds. The van der Waals surface area contributed by atoms with Gasteiger partial charge in [-0.2, -0.15) is 13.2 Å². The summed E-state index contributed by atoms with van der Waals surface area (Å²) in [5.74, 6) is -1.44. The monoisotopic (exact) mass is 304 g/mol. The summed E-state index contributed by atoms with van der Waals surface area (Å²) < 4.78 is 37.3. The van der Waals surface area contributed by atoms with Crippen LogP contribution >= 0.6 is 0 Å². The second-order valence-electron chi connectivity index (χ2n) is 4.43.